The number of hydrogen-bond donors (Lipinski definition) is 2. The van der Waals surface area contributed by atoms with Gasteiger partial charge in [0.1, 0.15) is 0 Å². The molecule has 0 aliphatic rings. The maximum Gasteiger partial charge on any atom is 0.309 e. The lowest BCUT2D eigenvalue weighted by atomic mass is 9.90. The van der Waals surface area contributed by atoms with E-state index in [-0.39, 0.29) is 5.91 Å². The maximum absolute atomic E-state index is 12.3. The molecule has 0 radical (unpaired) electrons. The smallest absolute Gasteiger partial charge is 0.309 e. The number of amides is 1. The maximum atomic E-state index is 12.3. The largest absolute Gasteiger partial charge is 0.481 e. The zero-order valence-corrected chi connectivity index (χ0v) is 13.4. The summed E-state index contributed by atoms with van der Waals surface area (Å²) in [5, 5.41) is 13.8. The van der Waals surface area contributed by atoms with Gasteiger partial charge in [-0.05, 0) is 37.3 Å². The molecule has 1 aromatic heterocycles. The van der Waals surface area contributed by atoms with E-state index in [0.29, 0.717) is 17.8 Å². The third-order valence-corrected chi connectivity index (χ3v) is 4.48. The van der Waals surface area contributed by atoms with E-state index in [0.717, 1.165) is 11.1 Å². The van der Waals surface area contributed by atoms with E-state index in [4.69, 9.17) is 5.11 Å². The normalized spacial score (nSPS) is 11.2. The van der Waals surface area contributed by atoms with E-state index in [2.05, 4.69) is 5.32 Å². The molecule has 116 valence electrons. The van der Waals surface area contributed by atoms with E-state index in [1.807, 2.05) is 41.8 Å². The van der Waals surface area contributed by atoms with E-state index < -0.39 is 11.4 Å². The molecule has 0 aliphatic heterocycles. The summed E-state index contributed by atoms with van der Waals surface area (Å²) in [6, 6.07) is 11.7. The Morgan fingerprint density at radius 1 is 1.18 bits per heavy atom. The second kappa shape index (κ2) is 6.75. The lowest BCUT2D eigenvalue weighted by Crippen LogP contribution is -2.31. The highest BCUT2D eigenvalue weighted by atomic mass is 32.1. The second-order valence-electron chi connectivity index (χ2n) is 5.72. The van der Waals surface area contributed by atoms with E-state index in [1.165, 1.54) is 11.3 Å². The summed E-state index contributed by atoms with van der Waals surface area (Å²) in [5.74, 6) is -1.02. The lowest BCUT2D eigenvalue weighted by Gasteiger charge is -2.18. The Balaban J connectivity index is 2.03. The molecule has 1 heterocycles. The fraction of sp³-hybridized carbons (Fsp3) is 0.294. The van der Waals surface area contributed by atoms with Crippen molar-refractivity contribution in [1.82, 2.24) is 5.32 Å². The highest BCUT2D eigenvalue weighted by Gasteiger charge is 2.26. The summed E-state index contributed by atoms with van der Waals surface area (Å²) >= 11 is 1.39. The Morgan fingerprint density at radius 3 is 2.50 bits per heavy atom. The first-order chi connectivity index (χ1) is 10.4. The van der Waals surface area contributed by atoms with Gasteiger partial charge in [0.2, 0.25) is 0 Å². The van der Waals surface area contributed by atoms with Gasteiger partial charge >= 0.3 is 5.97 Å². The predicted octanol–water partition coefficient (Wildman–Crippen LogP) is 3.65. The first-order valence-electron chi connectivity index (χ1n) is 7.06. The molecular formula is C17H19NO3S. The van der Waals surface area contributed by atoms with Crippen LogP contribution in [0.1, 0.15) is 29.9 Å². The molecule has 2 N–H and O–H groups in total. The molecule has 5 heteroatoms. The first-order valence-corrected chi connectivity index (χ1v) is 7.94. The standard InChI is InChI=1S/C17H19NO3S/c1-17(2,16(20)21)9-10-18-15(19)14-13(8-11-22-14)12-6-4-3-5-7-12/h3-8,11H,9-10H2,1-2H3,(H,18,19)(H,20,21). The summed E-state index contributed by atoms with van der Waals surface area (Å²) in [6.45, 7) is 3.65. The number of rotatable bonds is 6. The molecule has 2 aromatic rings. The predicted molar refractivity (Wildman–Crippen MR) is 88.1 cm³/mol. The molecule has 0 aliphatic carbocycles. The van der Waals surface area contributed by atoms with Crippen molar-refractivity contribution in [3.63, 3.8) is 0 Å². The number of hydrogen-bond acceptors (Lipinski definition) is 3. The van der Waals surface area contributed by atoms with Crippen LogP contribution in [0.15, 0.2) is 41.8 Å². The molecule has 22 heavy (non-hydrogen) atoms. The fourth-order valence-corrected chi connectivity index (χ4v) is 2.84. The van der Waals surface area contributed by atoms with Gasteiger partial charge in [-0.25, -0.2) is 0 Å². The number of aliphatic carboxylic acids is 1. The van der Waals surface area contributed by atoms with E-state index >= 15 is 0 Å². The Bertz CT molecular complexity index is 662. The third-order valence-electron chi connectivity index (χ3n) is 3.57. The van der Waals surface area contributed by atoms with Crippen molar-refractivity contribution >= 4 is 23.2 Å². The molecule has 1 aromatic carbocycles. The quantitative estimate of drug-likeness (QED) is 0.854. The van der Waals surface area contributed by atoms with Crippen LogP contribution in [0.2, 0.25) is 0 Å². The average Bonchev–Trinajstić information content (AvgIpc) is 2.97. The van der Waals surface area contributed by atoms with Crippen LogP contribution >= 0.6 is 11.3 Å². The van der Waals surface area contributed by atoms with Crippen molar-refractivity contribution in [3.8, 4) is 11.1 Å². The molecule has 0 saturated carbocycles. The van der Waals surface area contributed by atoms with Gasteiger partial charge < -0.3 is 10.4 Å². The molecule has 0 fully saturated rings. The number of carboxylic acids is 1. The van der Waals surface area contributed by atoms with Crippen molar-refractivity contribution in [1.29, 1.82) is 0 Å². The van der Waals surface area contributed by atoms with Crippen molar-refractivity contribution in [3.05, 3.63) is 46.7 Å². The molecule has 0 saturated heterocycles. The van der Waals surface area contributed by atoms with Crippen LogP contribution in [0, 0.1) is 5.41 Å². The Kier molecular flexibility index (Phi) is 4.98. The lowest BCUT2D eigenvalue weighted by molar-refractivity contribution is -0.147. The molecule has 4 nitrogen and oxygen atoms in total. The first kappa shape index (κ1) is 16.2. The van der Waals surface area contributed by atoms with E-state index in [9.17, 15) is 9.59 Å². The van der Waals surface area contributed by atoms with Crippen LogP contribution < -0.4 is 5.32 Å². The van der Waals surface area contributed by atoms with Gasteiger partial charge in [0.05, 0.1) is 10.3 Å². The van der Waals surface area contributed by atoms with Crippen molar-refractivity contribution in [2.45, 2.75) is 20.3 Å². The van der Waals surface area contributed by atoms with Gasteiger partial charge in [0.15, 0.2) is 0 Å². The zero-order valence-electron chi connectivity index (χ0n) is 12.6. The van der Waals surface area contributed by atoms with Crippen molar-refractivity contribution < 1.29 is 14.7 Å². The molecule has 0 atom stereocenters. The van der Waals surface area contributed by atoms with Crippen molar-refractivity contribution in [2.75, 3.05) is 6.54 Å². The number of nitrogens with one attached hydrogen (secondary N) is 1. The molecule has 2 rings (SSSR count). The third kappa shape index (κ3) is 3.74. The van der Waals surface area contributed by atoms with Crippen LogP contribution in [0.4, 0.5) is 0 Å². The van der Waals surface area contributed by atoms with E-state index in [1.54, 1.807) is 13.8 Å². The highest BCUT2D eigenvalue weighted by molar-refractivity contribution is 7.12. The van der Waals surface area contributed by atoms with Crippen LogP contribution in [-0.4, -0.2) is 23.5 Å². The van der Waals surface area contributed by atoms with Crippen LogP contribution in [-0.2, 0) is 4.79 Å². The number of benzene rings is 1. The minimum atomic E-state index is -0.858. The van der Waals surface area contributed by atoms with Crippen molar-refractivity contribution in [2.24, 2.45) is 5.41 Å². The average molecular weight is 317 g/mol. The number of carboxylic acid groups (broad SMARTS) is 1. The van der Waals surface area contributed by atoms with Gasteiger partial charge in [0.25, 0.3) is 5.91 Å². The highest BCUT2D eigenvalue weighted by Crippen LogP contribution is 2.28. The Hall–Kier alpha value is -2.14. The van der Waals surface area contributed by atoms with Gasteiger partial charge in [-0.15, -0.1) is 11.3 Å². The topological polar surface area (TPSA) is 66.4 Å². The minimum Gasteiger partial charge on any atom is -0.481 e. The molecule has 0 spiro atoms. The number of carbonyl (C=O) groups is 2. The Labute approximate surface area is 133 Å². The number of carbonyl (C=O) groups excluding carboxylic acids is 1. The molecular weight excluding hydrogens is 298 g/mol. The summed E-state index contributed by atoms with van der Waals surface area (Å²) < 4.78 is 0. The van der Waals surface area contributed by atoms with Gasteiger partial charge in [-0.1, -0.05) is 30.3 Å². The minimum absolute atomic E-state index is 0.157. The second-order valence-corrected chi connectivity index (χ2v) is 6.64. The molecule has 1 amide bonds. The monoisotopic (exact) mass is 317 g/mol. The summed E-state index contributed by atoms with van der Waals surface area (Å²) in [5.41, 5.74) is 1.06. The van der Waals surface area contributed by atoms with Crippen LogP contribution in [0.5, 0.6) is 0 Å². The van der Waals surface area contributed by atoms with Crippen LogP contribution in [0.3, 0.4) is 0 Å². The summed E-state index contributed by atoms with van der Waals surface area (Å²) in [7, 11) is 0. The fourth-order valence-electron chi connectivity index (χ4n) is 2.01. The molecule has 0 bridgehead atoms. The molecule has 0 unspecified atom stereocenters. The number of thiophene rings is 1. The van der Waals surface area contributed by atoms with Gasteiger partial charge in [-0.3, -0.25) is 9.59 Å². The zero-order chi connectivity index (χ0) is 16.2. The SMILES string of the molecule is CC(C)(CCNC(=O)c1sccc1-c1ccccc1)C(=O)O. The summed E-state index contributed by atoms with van der Waals surface area (Å²) in [4.78, 5) is 24.0. The van der Waals surface area contributed by atoms with Gasteiger partial charge in [0, 0.05) is 12.1 Å². The van der Waals surface area contributed by atoms with Crippen LogP contribution in [0.25, 0.3) is 11.1 Å². The van der Waals surface area contributed by atoms with Gasteiger partial charge in [-0.2, -0.15) is 0 Å². The summed E-state index contributed by atoms with van der Waals surface area (Å²) in [6.07, 6.45) is 0.389. The Morgan fingerprint density at radius 2 is 1.86 bits per heavy atom.